The highest BCUT2D eigenvalue weighted by molar-refractivity contribution is 5.87. The molecule has 7 nitrogen and oxygen atoms in total. The lowest BCUT2D eigenvalue weighted by Crippen LogP contribution is -2.51. The molecule has 1 saturated carbocycles. The highest BCUT2D eigenvalue weighted by Gasteiger charge is 2.34. The fraction of sp³-hybridized carbons (Fsp3) is 0.786. The number of hydrogen-bond acceptors (Lipinski definition) is 3. The van der Waals surface area contributed by atoms with Crippen molar-refractivity contribution in [1.82, 2.24) is 15.5 Å². The monoisotopic (exact) mass is 297 g/mol. The smallest absolute Gasteiger partial charge is 0.315 e. The van der Waals surface area contributed by atoms with Gasteiger partial charge in [0, 0.05) is 19.1 Å². The second kappa shape index (κ2) is 6.78. The highest BCUT2D eigenvalue weighted by atomic mass is 16.4. The summed E-state index contributed by atoms with van der Waals surface area (Å²) >= 11 is 0. The van der Waals surface area contributed by atoms with Gasteiger partial charge in [-0.05, 0) is 38.5 Å². The molecule has 2 rings (SSSR count). The number of nitrogens with one attached hydrogen (secondary N) is 2. The minimum atomic E-state index is -0.923. The average Bonchev–Trinajstić information content (AvgIpc) is 3.11. The standard InChI is InChI=1S/C14H23N3O4/c1-9(13(20)17-6-2-3-7-17)15-14(21)16-11(8-12(18)19)10-4-5-10/h9-11H,2-8H2,1H3,(H,18,19)(H2,15,16,21). The zero-order chi connectivity index (χ0) is 15.4. The predicted molar refractivity (Wildman–Crippen MR) is 75.7 cm³/mol. The van der Waals surface area contributed by atoms with Crippen molar-refractivity contribution in [2.45, 2.75) is 51.1 Å². The molecule has 21 heavy (non-hydrogen) atoms. The summed E-state index contributed by atoms with van der Waals surface area (Å²) in [5, 5.41) is 14.1. The van der Waals surface area contributed by atoms with Crippen molar-refractivity contribution in [2.75, 3.05) is 13.1 Å². The van der Waals surface area contributed by atoms with Gasteiger partial charge in [-0.15, -0.1) is 0 Å². The van der Waals surface area contributed by atoms with E-state index in [1.807, 2.05) is 0 Å². The first-order valence-electron chi connectivity index (χ1n) is 7.55. The number of hydrogen-bond donors (Lipinski definition) is 3. The number of aliphatic carboxylic acids is 1. The second-order valence-electron chi connectivity index (χ2n) is 5.91. The number of carboxylic acid groups (broad SMARTS) is 1. The Morgan fingerprint density at radius 1 is 1.19 bits per heavy atom. The molecular weight excluding hydrogens is 274 g/mol. The first-order chi connectivity index (χ1) is 9.97. The number of urea groups is 1. The van der Waals surface area contributed by atoms with Crippen LogP contribution in [0.3, 0.4) is 0 Å². The van der Waals surface area contributed by atoms with E-state index in [1.54, 1.807) is 11.8 Å². The molecule has 3 amide bonds. The molecule has 3 N–H and O–H groups in total. The summed E-state index contributed by atoms with van der Waals surface area (Å²) in [5.41, 5.74) is 0. The Kier molecular flexibility index (Phi) is 5.03. The van der Waals surface area contributed by atoms with Gasteiger partial charge in [0.15, 0.2) is 0 Å². The number of carbonyl (C=O) groups is 3. The molecule has 0 aromatic carbocycles. The largest absolute Gasteiger partial charge is 0.481 e. The lowest BCUT2D eigenvalue weighted by atomic mass is 10.1. The lowest BCUT2D eigenvalue weighted by Gasteiger charge is -2.23. The van der Waals surface area contributed by atoms with Crippen LogP contribution in [0.15, 0.2) is 0 Å². The topological polar surface area (TPSA) is 98.7 Å². The van der Waals surface area contributed by atoms with E-state index in [9.17, 15) is 14.4 Å². The molecular formula is C14H23N3O4. The Hall–Kier alpha value is -1.79. The second-order valence-corrected chi connectivity index (χ2v) is 5.91. The molecule has 0 spiro atoms. The van der Waals surface area contributed by atoms with Crippen LogP contribution >= 0.6 is 0 Å². The summed E-state index contributed by atoms with van der Waals surface area (Å²) in [4.78, 5) is 36.5. The molecule has 2 unspecified atom stereocenters. The fourth-order valence-electron chi connectivity index (χ4n) is 2.70. The molecule has 118 valence electrons. The van der Waals surface area contributed by atoms with Crippen LogP contribution in [0.25, 0.3) is 0 Å². The Labute approximate surface area is 124 Å². The van der Waals surface area contributed by atoms with Crippen LogP contribution in [-0.2, 0) is 9.59 Å². The summed E-state index contributed by atoms with van der Waals surface area (Å²) in [6, 6.07) is -1.41. The number of carboxylic acids is 1. The zero-order valence-corrected chi connectivity index (χ0v) is 12.3. The van der Waals surface area contributed by atoms with Crippen molar-refractivity contribution in [1.29, 1.82) is 0 Å². The van der Waals surface area contributed by atoms with E-state index in [0.717, 1.165) is 38.8 Å². The minimum Gasteiger partial charge on any atom is -0.481 e. The first kappa shape index (κ1) is 15.6. The van der Waals surface area contributed by atoms with Gasteiger partial charge in [-0.2, -0.15) is 0 Å². The van der Waals surface area contributed by atoms with Gasteiger partial charge >= 0.3 is 12.0 Å². The van der Waals surface area contributed by atoms with Crippen molar-refractivity contribution >= 4 is 17.9 Å². The van der Waals surface area contributed by atoms with Gasteiger partial charge in [0.1, 0.15) is 6.04 Å². The van der Waals surface area contributed by atoms with E-state index in [2.05, 4.69) is 10.6 Å². The third-order valence-electron chi connectivity index (χ3n) is 4.04. The maximum atomic E-state index is 12.1. The van der Waals surface area contributed by atoms with Gasteiger partial charge < -0.3 is 20.6 Å². The molecule has 7 heteroatoms. The summed E-state index contributed by atoms with van der Waals surface area (Å²) in [6.45, 7) is 3.15. The normalized spacial score (nSPS) is 20.7. The van der Waals surface area contributed by atoms with Gasteiger partial charge in [-0.25, -0.2) is 4.79 Å². The van der Waals surface area contributed by atoms with Gasteiger partial charge in [-0.1, -0.05) is 0 Å². The molecule has 1 heterocycles. The maximum Gasteiger partial charge on any atom is 0.315 e. The minimum absolute atomic E-state index is 0.0768. The van der Waals surface area contributed by atoms with E-state index in [-0.39, 0.29) is 24.3 Å². The number of rotatable bonds is 6. The van der Waals surface area contributed by atoms with Crippen molar-refractivity contribution in [3.63, 3.8) is 0 Å². The van der Waals surface area contributed by atoms with Crippen molar-refractivity contribution in [3.8, 4) is 0 Å². The Morgan fingerprint density at radius 2 is 1.81 bits per heavy atom. The molecule has 1 aliphatic heterocycles. The third kappa shape index (κ3) is 4.61. The molecule has 0 radical (unpaired) electrons. The number of carbonyl (C=O) groups excluding carboxylic acids is 2. The van der Waals surface area contributed by atoms with Crippen LogP contribution < -0.4 is 10.6 Å². The van der Waals surface area contributed by atoms with Crippen molar-refractivity contribution in [3.05, 3.63) is 0 Å². The number of nitrogens with zero attached hydrogens (tertiary/aromatic N) is 1. The highest BCUT2D eigenvalue weighted by Crippen LogP contribution is 2.33. The van der Waals surface area contributed by atoms with Crippen LogP contribution in [0.5, 0.6) is 0 Å². The van der Waals surface area contributed by atoms with E-state index in [1.165, 1.54) is 0 Å². The number of likely N-dealkylation sites (tertiary alicyclic amines) is 1. The molecule has 0 bridgehead atoms. The van der Waals surface area contributed by atoms with Gasteiger partial charge in [0.05, 0.1) is 6.42 Å². The Balaban J connectivity index is 1.79. The van der Waals surface area contributed by atoms with E-state index in [4.69, 9.17) is 5.11 Å². The quantitative estimate of drug-likeness (QED) is 0.666. The summed E-state index contributed by atoms with van der Waals surface area (Å²) in [7, 11) is 0. The molecule has 1 aliphatic carbocycles. The van der Waals surface area contributed by atoms with Crippen LogP contribution in [0.4, 0.5) is 4.79 Å². The lowest BCUT2D eigenvalue weighted by molar-refractivity contribution is -0.137. The maximum absolute atomic E-state index is 12.1. The van der Waals surface area contributed by atoms with Gasteiger partial charge in [0.2, 0.25) is 5.91 Å². The van der Waals surface area contributed by atoms with Crippen LogP contribution in [0.2, 0.25) is 0 Å². The van der Waals surface area contributed by atoms with Crippen molar-refractivity contribution < 1.29 is 19.5 Å². The predicted octanol–water partition coefficient (Wildman–Crippen LogP) is 0.550. The zero-order valence-electron chi connectivity index (χ0n) is 12.3. The number of amides is 3. The Bertz CT molecular complexity index is 416. The van der Waals surface area contributed by atoms with E-state index < -0.39 is 18.0 Å². The summed E-state index contributed by atoms with van der Waals surface area (Å²) in [5.74, 6) is -0.756. The molecule has 2 fully saturated rings. The third-order valence-corrected chi connectivity index (χ3v) is 4.04. The van der Waals surface area contributed by atoms with E-state index >= 15 is 0 Å². The molecule has 1 saturated heterocycles. The fourth-order valence-corrected chi connectivity index (χ4v) is 2.70. The van der Waals surface area contributed by atoms with Crippen LogP contribution in [0, 0.1) is 5.92 Å². The SMILES string of the molecule is CC(NC(=O)NC(CC(=O)O)C1CC1)C(=O)N1CCCC1. The average molecular weight is 297 g/mol. The van der Waals surface area contributed by atoms with Gasteiger partial charge in [0.25, 0.3) is 0 Å². The van der Waals surface area contributed by atoms with Crippen molar-refractivity contribution in [2.24, 2.45) is 5.92 Å². The van der Waals surface area contributed by atoms with Gasteiger partial charge in [-0.3, -0.25) is 9.59 Å². The van der Waals surface area contributed by atoms with Crippen LogP contribution in [-0.4, -0.2) is 53.1 Å². The molecule has 2 aliphatic rings. The molecule has 0 aromatic heterocycles. The van der Waals surface area contributed by atoms with E-state index in [0.29, 0.717) is 0 Å². The molecule has 0 aromatic rings. The summed E-state index contributed by atoms with van der Waals surface area (Å²) < 4.78 is 0. The Morgan fingerprint density at radius 3 is 2.33 bits per heavy atom. The molecule has 2 atom stereocenters. The van der Waals surface area contributed by atoms with Crippen LogP contribution in [0.1, 0.15) is 39.0 Å². The summed E-state index contributed by atoms with van der Waals surface area (Å²) in [6.07, 6.45) is 3.83. The first-order valence-corrected chi connectivity index (χ1v) is 7.55.